The van der Waals surface area contributed by atoms with Crippen molar-refractivity contribution in [3.63, 3.8) is 0 Å². The monoisotopic (exact) mass is 277 g/mol. The topological polar surface area (TPSA) is 37.8 Å². The highest BCUT2D eigenvalue weighted by atomic mass is 79.9. The van der Waals surface area contributed by atoms with Gasteiger partial charge in [-0.15, -0.1) is 11.6 Å². The van der Waals surface area contributed by atoms with Crippen LogP contribution in [-0.4, -0.2) is 21.4 Å². The first-order chi connectivity index (χ1) is 6.61. The molecule has 1 heterocycles. The maximum absolute atomic E-state index is 5.89. The largest absolute Gasteiger partial charge is 0.363 e. The van der Waals surface area contributed by atoms with Gasteiger partial charge < -0.3 is 5.32 Å². The molecule has 0 saturated carbocycles. The third-order valence-corrected chi connectivity index (χ3v) is 3.33. The van der Waals surface area contributed by atoms with Gasteiger partial charge in [0, 0.05) is 17.6 Å². The second kappa shape index (κ2) is 4.94. The molecule has 0 spiro atoms. The minimum Gasteiger partial charge on any atom is -0.363 e. The second-order valence-electron chi connectivity index (χ2n) is 3.39. The number of hydrogen-bond donors (Lipinski definition) is 1. The maximum atomic E-state index is 5.89. The van der Waals surface area contributed by atoms with E-state index >= 15 is 0 Å². The predicted molar refractivity (Wildman–Crippen MR) is 62.8 cm³/mol. The Bertz CT molecular complexity index is 302. The molecule has 3 nitrogen and oxygen atoms in total. The Balaban J connectivity index is 2.82. The molecule has 1 aromatic rings. The number of nitrogens with one attached hydrogen (secondary N) is 1. The van der Waals surface area contributed by atoms with Gasteiger partial charge in [0.25, 0.3) is 0 Å². The van der Waals surface area contributed by atoms with Crippen LogP contribution in [0.5, 0.6) is 0 Å². The SMILES string of the molecule is CCC(C)(CCl)Nc1ncncc1Br. The summed E-state index contributed by atoms with van der Waals surface area (Å²) >= 11 is 9.27. The van der Waals surface area contributed by atoms with Crippen molar-refractivity contribution in [1.29, 1.82) is 0 Å². The minimum atomic E-state index is -0.127. The van der Waals surface area contributed by atoms with Crippen molar-refractivity contribution in [2.24, 2.45) is 0 Å². The van der Waals surface area contributed by atoms with Crippen molar-refractivity contribution in [2.75, 3.05) is 11.2 Å². The van der Waals surface area contributed by atoms with Gasteiger partial charge in [0.05, 0.1) is 4.47 Å². The number of nitrogens with zero attached hydrogens (tertiary/aromatic N) is 2. The van der Waals surface area contributed by atoms with Crippen LogP contribution in [0.4, 0.5) is 5.82 Å². The Labute approximate surface area is 97.4 Å². The molecule has 1 unspecified atom stereocenters. The first-order valence-electron chi connectivity index (χ1n) is 4.41. The molecule has 0 saturated heterocycles. The molecular formula is C9H13BrClN3. The van der Waals surface area contributed by atoms with Crippen LogP contribution in [0, 0.1) is 0 Å². The highest BCUT2D eigenvalue weighted by molar-refractivity contribution is 9.10. The Hall–Kier alpha value is -0.350. The molecule has 1 atom stereocenters. The molecule has 78 valence electrons. The van der Waals surface area contributed by atoms with Crippen LogP contribution in [0.1, 0.15) is 20.3 Å². The highest BCUT2D eigenvalue weighted by Crippen LogP contribution is 2.23. The zero-order valence-electron chi connectivity index (χ0n) is 8.22. The van der Waals surface area contributed by atoms with Gasteiger partial charge >= 0.3 is 0 Å². The standard InChI is InChI=1S/C9H13BrClN3/c1-3-9(2,5-11)14-8-7(10)4-12-6-13-8/h4,6H,3,5H2,1-2H3,(H,12,13,14). The summed E-state index contributed by atoms with van der Waals surface area (Å²) in [5.74, 6) is 1.32. The minimum absolute atomic E-state index is 0.127. The summed E-state index contributed by atoms with van der Waals surface area (Å²) in [6.07, 6.45) is 4.16. The van der Waals surface area contributed by atoms with Crippen LogP contribution in [-0.2, 0) is 0 Å². The van der Waals surface area contributed by atoms with E-state index in [2.05, 4.69) is 45.1 Å². The average molecular weight is 279 g/mol. The van der Waals surface area contributed by atoms with E-state index in [4.69, 9.17) is 11.6 Å². The predicted octanol–water partition coefficient (Wildman–Crippen LogP) is 3.06. The second-order valence-corrected chi connectivity index (χ2v) is 4.51. The normalized spacial score (nSPS) is 14.9. The van der Waals surface area contributed by atoms with Gasteiger partial charge in [-0.25, -0.2) is 9.97 Å². The van der Waals surface area contributed by atoms with Gasteiger partial charge in [-0.3, -0.25) is 0 Å². The van der Waals surface area contributed by atoms with E-state index in [0.29, 0.717) is 5.88 Å². The van der Waals surface area contributed by atoms with Gasteiger partial charge in [0.2, 0.25) is 0 Å². The number of aromatic nitrogens is 2. The molecule has 0 fully saturated rings. The zero-order valence-corrected chi connectivity index (χ0v) is 10.6. The van der Waals surface area contributed by atoms with Crippen molar-refractivity contribution < 1.29 is 0 Å². The lowest BCUT2D eigenvalue weighted by atomic mass is 10.0. The molecule has 0 radical (unpaired) electrons. The van der Waals surface area contributed by atoms with E-state index in [1.165, 1.54) is 6.33 Å². The summed E-state index contributed by atoms with van der Waals surface area (Å²) in [6, 6.07) is 0. The quantitative estimate of drug-likeness (QED) is 0.860. The lowest BCUT2D eigenvalue weighted by Gasteiger charge is -2.27. The molecule has 5 heteroatoms. The third-order valence-electron chi connectivity index (χ3n) is 2.16. The number of alkyl halides is 1. The van der Waals surface area contributed by atoms with Crippen LogP contribution < -0.4 is 5.32 Å². The van der Waals surface area contributed by atoms with Crippen molar-refractivity contribution in [2.45, 2.75) is 25.8 Å². The maximum Gasteiger partial charge on any atom is 0.144 e. The fraction of sp³-hybridized carbons (Fsp3) is 0.556. The van der Waals surface area contributed by atoms with Crippen molar-refractivity contribution in [1.82, 2.24) is 9.97 Å². The van der Waals surface area contributed by atoms with Gasteiger partial charge in [0.15, 0.2) is 0 Å². The lowest BCUT2D eigenvalue weighted by molar-refractivity contribution is 0.551. The Morgan fingerprint density at radius 1 is 1.64 bits per heavy atom. The van der Waals surface area contributed by atoms with E-state index in [1.807, 2.05) is 0 Å². The first kappa shape index (κ1) is 11.7. The lowest BCUT2D eigenvalue weighted by Crippen LogP contribution is -2.36. The van der Waals surface area contributed by atoms with Crippen molar-refractivity contribution in [3.05, 3.63) is 17.0 Å². The van der Waals surface area contributed by atoms with Crippen LogP contribution >= 0.6 is 27.5 Å². The summed E-state index contributed by atoms with van der Waals surface area (Å²) in [6.45, 7) is 4.15. The van der Waals surface area contributed by atoms with Crippen LogP contribution in [0.3, 0.4) is 0 Å². The summed E-state index contributed by atoms with van der Waals surface area (Å²) in [5, 5.41) is 3.29. The zero-order chi connectivity index (χ0) is 10.6. The van der Waals surface area contributed by atoms with E-state index in [9.17, 15) is 0 Å². The Kier molecular flexibility index (Phi) is 4.13. The Morgan fingerprint density at radius 3 is 2.86 bits per heavy atom. The van der Waals surface area contributed by atoms with Gasteiger partial charge in [0.1, 0.15) is 12.1 Å². The van der Waals surface area contributed by atoms with Crippen LogP contribution in [0.15, 0.2) is 17.0 Å². The van der Waals surface area contributed by atoms with E-state index < -0.39 is 0 Å². The molecule has 0 bridgehead atoms. The van der Waals surface area contributed by atoms with Crippen LogP contribution in [0.2, 0.25) is 0 Å². The fourth-order valence-electron chi connectivity index (χ4n) is 0.907. The molecular weight excluding hydrogens is 265 g/mol. The van der Waals surface area contributed by atoms with Gasteiger partial charge in [-0.05, 0) is 29.3 Å². The summed E-state index contributed by atoms with van der Waals surface area (Å²) in [7, 11) is 0. The van der Waals surface area contributed by atoms with E-state index in [0.717, 1.165) is 16.7 Å². The molecule has 1 rings (SSSR count). The van der Waals surface area contributed by atoms with E-state index in [1.54, 1.807) is 6.20 Å². The average Bonchev–Trinajstić information content (AvgIpc) is 2.21. The van der Waals surface area contributed by atoms with Crippen molar-refractivity contribution in [3.8, 4) is 0 Å². The van der Waals surface area contributed by atoms with Crippen molar-refractivity contribution >= 4 is 33.3 Å². The number of anilines is 1. The molecule has 0 aliphatic heterocycles. The highest BCUT2D eigenvalue weighted by Gasteiger charge is 2.21. The molecule has 0 amide bonds. The fourth-order valence-corrected chi connectivity index (χ4v) is 1.48. The third kappa shape index (κ3) is 2.82. The summed E-state index contributed by atoms with van der Waals surface area (Å²) in [5.41, 5.74) is -0.127. The smallest absolute Gasteiger partial charge is 0.144 e. The molecule has 0 aromatic carbocycles. The number of hydrogen-bond acceptors (Lipinski definition) is 3. The van der Waals surface area contributed by atoms with Gasteiger partial charge in [-0.2, -0.15) is 0 Å². The Morgan fingerprint density at radius 2 is 2.36 bits per heavy atom. The molecule has 14 heavy (non-hydrogen) atoms. The number of halogens is 2. The molecule has 1 N–H and O–H groups in total. The van der Waals surface area contributed by atoms with Gasteiger partial charge in [-0.1, -0.05) is 6.92 Å². The molecule has 1 aromatic heterocycles. The summed E-state index contributed by atoms with van der Waals surface area (Å²) in [4.78, 5) is 8.03. The van der Waals surface area contributed by atoms with E-state index in [-0.39, 0.29) is 5.54 Å². The molecule has 0 aliphatic carbocycles. The first-order valence-corrected chi connectivity index (χ1v) is 5.73. The molecule has 0 aliphatic rings. The van der Waals surface area contributed by atoms with Crippen LogP contribution in [0.25, 0.3) is 0 Å². The summed E-state index contributed by atoms with van der Waals surface area (Å²) < 4.78 is 0.852. The number of rotatable bonds is 4.